The molecule has 1 aliphatic carbocycles. The third-order valence-corrected chi connectivity index (χ3v) is 4.26. The van der Waals surface area contributed by atoms with Gasteiger partial charge in [-0.1, -0.05) is 23.3 Å². The van der Waals surface area contributed by atoms with Gasteiger partial charge in [-0.15, -0.1) is 0 Å². The fourth-order valence-corrected chi connectivity index (χ4v) is 3.08. The number of halogens is 2. The van der Waals surface area contributed by atoms with Gasteiger partial charge in [0, 0.05) is 11.6 Å². The summed E-state index contributed by atoms with van der Waals surface area (Å²) in [6, 6.07) is 5.21. The highest BCUT2D eigenvalue weighted by Crippen LogP contribution is 2.27. The maximum atomic E-state index is 11.7. The van der Waals surface area contributed by atoms with E-state index in [-0.39, 0.29) is 12.5 Å². The Labute approximate surface area is 138 Å². The molecule has 1 amide bonds. The van der Waals surface area contributed by atoms with Crippen LogP contribution in [0.3, 0.4) is 0 Å². The first-order valence-electron chi connectivity index (χ1n) is 7.17. The van der Waals surface area contributed by atoms with Crippen molar-refractivity contribution in [1.29, 1.82) is 0 Å². The Morgan fingerprint density at radius 2 is 2.24 bits per heavy atom. The molecule has 21 heavy (non-hydrogen) atoms. The zero-order valence-electron chi connectivity index (χ0n) is 11.8. The van der Waals surface area contributed by atoms with Gasteiger partial charge in [0.1, 0.15) is 5.75 Å². The van der Waals surface area contributed by atoms with Crippen LogP contribution in [0.4, 0.5) is 0 Å². The van der Waals surface area contributed by atoms with Crippen molar-refractivity contribution < 1.29 is 9.53 Å². The summed E-state index contributed by atoms with van der Waals surface area (Å²) in [6.07, 6.45) is 8.15. The Morgan fingerprint density at radius 3 is 2.95 bits per heavy atom. The van der Waals surface area contributed by atoms with Gasteiger partial charge >= 0.3 is 0 Å². The average Bonchev–Trinajstić information content (AvgIpc) is 2.47. The number of benzene rings is 1. The SMILES string of the molecule is O=C(COc1ccc(Cl)cc1Br)NCCC1=CCCCC1. The third-order valence-electron chi connectivity index (χ3n) is 3.41. The molecule has 1 aromatic rings. The average molecular weight is 373 g/mol. The zero-order chi connectivity index (χ0) is 15.1. The van der Waals surface area contributed by atoms with E-state index in [9.17, 15) is 4.79 Å². The number of hydrogen-bond acceptors (Lipinski definition) is 2. The van der Waals surface area contributed by atoms with Crippen molar-refractivity contribution in [3.05, 3.63) is 39.3 Å². The van der Waals surface area contributed by atoms with E-state index >= 15 is 0 Å². The van der Waals surface area contributed by atoms with Gasteiger partial charge in [0.05, 0.1) is 4.47 Å². The summed E-state index contributed by atoms with van der Waals surface area (Å²) in [5.74, 6) is 0.512. The van der Waals surface area contributed by atoms with E-state index in [0.717, 1.165) is 10.9 Å². The van der Waals surface area contributed by atoms with Crippen molar-refractivity contribution >= 4 is 33.4 Å². The van der Waals surface area contributed by atoms with Gasteiger partial charge in [-0.25, -0.2) is 0 Å². The first-order chi connectivity index (χ1) is 10.1. The highest BCUT2D eigenvalue weighted by Gasteiger charge is 2.07. The topological polar surface area (TPSA) is 38.3 Å². The quantitative estimate of drug-likeness (QED) is 0.747. The summed E-state index contributed by atoms with van der Waals surface area (Å²) in [7, 11) is 0. The molecule has 3 nitrogen and oxygen atoms in total. The zero-order valence-corrected chi connectivity index (χ0v) is 14.2. The minimum atomic E-state index is -0.103. The number of allylic oxidation sites excluding steroid dienone is 1. The van der Waals surface area contributed by atoms with Gasteiger partial charge < -0.3 is 10.1 Å². The molecule has 0 heterocycles. The molecule has 2 rings (SSSR count). The molecule has 0 atom stereocenters. The van der Waals surface area contributed by atoms with E-state index < -0.39 is 0 Å². The summed E-state index contributed by atoms with van der Waals surface area (Å²) in [4.78, 5) is 11.7. The fraction of sp³-hybridized carbons (Fsp3) is 0.438. The molecule has 0 aromatic heterocycles. The smallest absolute Gasteiger partial charge is 0.257 e. The first-order valence-corrected chi connectivity index (χ1v) is 8.35. The molecule has 114 valence electrons. The summed E-state index contributed by atoms with van der Waals surface area (Å²) >= 11 is 9.21. The number of ether oxygens (including phenoxy) is 1. The monoisotopic (exact) mass is 371 g/mol. The van der Waals surface area contributed by atoms with Crippen LogP contribution in [0, 0.1) is 0 Å². The lowest BCUT2D eigenvalue weighted by molar-refractivity contribution is -0.123. The molecule has 0 fully saturated rings. The van der Waals surface area contributed by atoms with Crippen molar-refractivity contribution in [3.63, 3.8) is 0 Å². The number of rotatable bonds is 6. The minimum absolute atomic E-state index is 0.0132. The molecule has 0 unspecified atom stereocenters. The minimum Gasteiger partial charge on any atom is -0.483 e. The van der Waals surface area contributed by atoms with E-state index in [2.05, 4.69) is 27.3 Å². The van der Waals surface area contributed by atoms with Gasteiger partial charge in [-0.05, 0) is 66.2 Å². The van der Waals surface area contributed by atoms with E-state index in [1.807, 2.05) is 0 Å². The lowest BCUT2D eigenvalue weighted by Gasteiger charge is -2.13. The van der Waals surface area contributed by atoms with E-state index in [1.165, 1.54) is 31.3 Å². The van der Waals surface area contributed by atoms with E-state index in [1.54, 1.807) is 18.2 Å². The molecule has 0 aliphatic heterocycles. The van der Waals surface area contributed by atoms with E-state index in [4.69, 9.17) is 16.3 Å². The highest BCUT2D eigenvalue weighted by molar-refractivity contribution is 9.10. The van der Waals surface area contributed by atoms with Crippen LogP contribution in [0.1, 0.15) is 32.1 Å². The Balaban J connectivity index is 1.68. The Kier molecular flexibility index (Phi) is 6.58. The summed E-state index contributed by atoms with van der Waals surface area (Å²) in [6.45, 7) is 0.690. The second-order valence-corrected chi connectivity index (χ2v) is 6.36. The van der Waals surface area contributed by atoms with Gasteiger partial charge in [-0.3, -0.25) is 4.79 Å². The Morgan fingerprint density at radius 1 is 1.38 bits per heavy atom. The molecule has 0 spiro atoms. The maximum absolute atomic E-state index is 11.7. The normalized spacial score (nSPS) is 14.5. The molecule has 0 saturated heterocycles. The van der Waals surface area contributed by atoms with Crippen molar-refractivity contribution in [2.75, 3.05) is 13.2 Å². The van der Waals surface area contributed by atoms with Crippen LogP contribution < -0.4 is 10.1 Å². The van der Waals surface area contributed by atoms with Crippen molar-refractivity contribution in [2.24, 2.45) is 0 Å². The molecule has 1 N–H and O–H groups in total. The lowest BCUT2D eigenvalue weighted by atomic mass is 9.97. The highest BCUT2D eigenvalue weighted by atomic mass is 79.9. The summed E-state index contributed by atoms with van der Waals surface area (Å²) in [5, 5.41) is 3.51. The molecule has 0 saturated carbocycles. The number of hydrogen-bond donors (Lipinski definition) is 1. The Hall–Kier alpha value is -1.00. The van der Waals surface area contributed by atoms with Crippen LogP contribution in [0.25, 0.3) is 0 Å². The number of nitrogens with one attached hydrogen (secondary N) is 1. The number of carbonyl (C=O) groups is 1. The maximum Gasteiger partial charge on any atom is 0.257 e. The van der Waals surface area contributed by atoms with Gasteiger partial charge in [-0.2, -0.15) is 0 Å². The van der Waals surface area contributed by atoms with Crippen molar-refractivity contribution in [2.45, 2.75) is 32.1 Å². The second kappa shape index (κ2) is 8.44. The molecule has 0 radical (unpaired) electrons. The first kappa shape index (κ1) is 16.4. The largest absolute Gasteiger partial charge is 0.483 e. The standard InChI is InChI=1S/C16H19BrClNO2/c17-14-10-13(18)6-7-15(14)21-11-16(20)19-9-8-12-4-2-1-3-5-12/h4,6-7,10H,1-3,5,8-9,11H2,(H,19,20). The molecule has 0 bridgehead atoms. The van der Waals surface area contributed by atoms with Crippen LogP contribution >= 0.6 is 27.5 Å². The lowest BCUT2D eigenvalue weighted by Crippen LogP contribution is -2.30. The molecule has 5 heteroatoms. The summed E-state index contributed by atoms with van der Waals surface area (Å²) < 4.78 is 6.21. The van der Waals surface area contributed by atoms with Crippen LogP contribution in [-0.2, 0) is 4.79 Å². The molecule has 1 aliphatic rings. The van der Waals surface area contributed by atoms with Crippen molar-refractivity contribution in [1.82, 2.24) is 5.32 Å². The molecule has 1 aromatic carbocycles. The van der Waals surface area contributed by atoms with Gasteiger partial charge in [0.2, 0.25) is 0 Å². The van der Waals surface area contributed by atoms with Crippen molar-refractivity contribution in [3.8, 4) is 5.75 Å². The number of amides is 1. The van der Waals surface area contributed by atoms with Crippen LogP contribution in [-0.4, -0.2) is 19.1 Å². The fourth-order valence-electron chi connectivity index (χ4n) is 2.28. The predicted octanol–water partition coefficient (Wildman–Crippen LogP) is 4.49. The van der Waals surface area contributed by atoms with E-state index in [0.29, 0.717) is 17.3 Å². The van der Waals surface area contributed by atoms with Crippen LogP contribution in [0.2, 0.25) is 5.02 Å². The molecular formula is C16H19BrClNO2. The number of carbonyl (C=O) groups excluding carboxylic acids is 1. The van der Waals surface area contributed by atoms with Crippen LogP contribution in [0.15, 0.2) is 34.3 Å². The Bertz CT molecular complexity index is 531. The van der Waals surface area contributed by atoms with Gasteiger partial charge in [0.15, 0.2) is 6.61 Å². The third kappa shape index (κ3) is 5.71. The second-order valence-electron chi connectivity index (χ2n) is 5.07. The predicted molar refractivity (Wildman–Crippen MR) is 88.8 cm³/mol. The summed E-state index contributed by atoms with van der Waals surface area (Å²) in [5.41, 5.74) is 1.46. The van der Waals surface area contributed by atoms with Crippen LogP contribution in [0.5, 0.6) is 5.75 Å². The van der Waals surface area contributed by atoms with Gasteiger partial charge in [0.25, 0.3) is 5.91 Å². The molecular weight excluding hydrogens is 354 g/mol.